The summed E-state index contributed by atoms with van der Waals surface area (Å²) in [6.45, 7) is 0.367. The number of aliphatic hydroxyl groups excluding tert-OH is 1. The lowest BCUT2D eigenvalue weighted by atomic mass is 9.73. The van der Waals surface area contributed by atoms with Gasteiger partial charge in [-0.25, -0.2) is 0 Å². The van der Waals surface area contributed by atoms with Crippen molar-refractivity contribution in [3.63, 3.8) is 0 Å². The fourth-order valence-electron chi connectivity index (χ4n) is 5.02. The number of methoxy groups -OCH3 is 1. The summed E-state index contributed by atoms with van der Waals surface area (Å²) in [5, 5.41) is 10.0. The number of piperazine rings is 1. The van der Waals surface area contributed by atoms with E-state index in [1.165, 1.54) is 0 Å². The SMILES string of the molecule is COc1ccc(C#Cc2ccc([C@@H]3[C@@H](CO)N4C(=O)CN(C(=O)c5ccccc5)C[C@H]34)cc2)cc1. The molecule has 1 N–H and O–H groups in total. The fraction of sp³-hybridized carbons (Fsp3) is 0.241. The average Bonchev–Trinajstić information content (AvgIpc) is 2.89. The lowest BCUT2D eigenvalue weighted by molar-refractivity contribution is -0.159. The van der Waals surface area contributed by atoms with Crippen molar-refractivity contribution in [2.24, 2.45) is 0 Å². The Morgan fingerprint density at radius 2 is 1.60 bits per heavy atom. The molecular formula is C29H26N2O4. The first-order valence-electron chi connectivity index (χ1n) is 11.6. The van der Waals surface area contributed by atoms with Gasteiger partial charge in [0.2, 0.25) is 5.91 Å². The molecule has 0 aromatic heterocycles. The fourth-order valence-corrected chi connectivity index (χ4v) is 5.02. The Morgan fingerprint density at radius 1 is 0.971 bits per heavy atom. The van der Waals surface area contributed by atoms with Crippen LogP contribution >= 0.6 is 0 Å². The predicted molar refractivity (Wildman–Crippen MR) is 132 cm³/mol. The van der Waals surface area contributed by atoms with E-state index >= 15 is 0 Å². The summed E-state index contributed by atoms with van der Waals surface area (Å²) in [4.78, 5) is 29.2. The van der Waals surface area contributed by atoms with Gasteiger partial charge in [0.1, 0.15) is 12.3 Å². The molecule has 3 atom stereocenters. The van der Waals surface area contributed by atoms with Crippen LogP contribution in [-0.4, -0.2) is 65.6 Å². The lowest BCUT2D eigenvalue weighted by Gasteiger charge is -2.58. The summed E-state index contributed by atoms with van der Waals surface area (Å²) in [5.41, 5.74) is 3.38. The summed E-state index contributed by atoms with van der Waals surface area (Å²) in [6.07, 6.45) is 0. The van der Waals surface area contributed by atoms with Crippen molar-refractivity contribution in [1.82, 2.24) is 9.80 Å². The minimum atomic E-state index is -0.280. The number of carbonyl (C=O) groups is 2. The first-order valence-corrected chi connectivity index (χ1v) is 11.6. The first kappa shape index (κ1) is 22.7. The number of hydrogen-bond donors (Lipinski definition) is 1. The molecule has 2 fully saturated rings. The molecule has 2 amide bonds. The van der Waals surface area contributed by atoms with Gasteiger partial charge in [0.05, 0.1) is 25.8 Å². The number of rotatable bonds is 4. The Morgan fingerprint density at radius 3 is 2.20 bits per heavy atom. The van der Waals surface area contributed by atoms with E-state index in [1.807, 2.05) is 66.7 Å². The molecule has 0 radical (unpaired) electrons. The van der Waals surface area contributed by atoms with E-state index < -0.39 is 0 Å². The van der Waals surface area contributed by atoms with Crippen LogP contribution in [-0.2, 0) is 4.79 Å². The van der Waals surface area contributed by atoms with Crippen molar-refractivity contribution in [2.75, 3.05) is 26.8 Å². The second-order valence-electron chi connectivity index (χ2n) is 8.80. The molecule has 0 spiro atoms. The van der Waals surface area contributed by atoms with Gasteiger partial charge in [-0.1, -0.05) is 42.2 Å². The molecule has 176 valence electrons. The number of fused-ring (bicyclic) bond motifs is 1. The van der Waals surface area contributed by atoms with E-state index in [0.29, 0.717) is 12.1 Å². The molecule has 6 nitrogen and oxygen atoms in total. The maximum absolute atomic E-state index is 13.0. The molecule has 2 saturated heterocycles. The summed E-state index contributed by atoms with van der Waals surface area (Å²) < 4.78 is 5.18. The maximum atomic E-state index is 13.0. The lowest BCUT2D eigenvalue weighted by Crippen LogP contribution is -2.73. The van der Waals surface area contributed by atoms with Crippen molar-refractivity contribution >= 4 is 11.8 Å². The van der Waals surface area contributed by atoms with E-state index in [1.54, 1.807) is 29.0 Å². The molecule has 2 aliphatic heterocycles. The van der Waals surface area contributed by atoms with Crippen molar-refractivity contribution < 1.29 is 19.4 Å². The van der Waals surface area contributed by atoms with Gasteiger partial charge in [-0.15, -0.1) is 0 Å². The molecule has 35 heavy (non-hydrogen) atoms. The second-order valence-corrected chi connectivity index (χ2v) is 8.80. The van der Waals surface area contributed by atoms with Crippen LogP contribution in [0, 0.1) is 11.8 Å². The van der Waals surface area contributed by atoms with Crippen LogP contribution in [0.5, 0.6) is 5.75 Å². The van der Waals surface area contributed by atoms with Gasteiger partial charge in [-0.3, -0.25) is 9.59 Å². The topological polar surface area (TPSA) is 70.1 Å². The largest absolute Gasteiger partial charge is 0.497 e. The zero-order valence-electron chi connectivity index (χ0n) is 19.4. The molecule has 2 heterocycles. The number of nitrogens with zero attached hydrogens (tertiary/aromatic N) is 2. The molecular weight excluding hydrogens is 440 g/mol. The van der Waals surface area contributed by atoms with Gasteiger partial charge in [-0.2, -0.15) is 0 Å². The molecule has 0 aliphatic carbocycles. The van der Waals surface area contributed by atoms with Gasteiger partial charge in [-0.05, 0) is 54.1 Å². The van der Waals surface area contributed by atoms with Crippen molar-refractivity contribution in [2.45, 2.75) is 18.0 Å². The third-order valence-corrected chi connectivity index (χ3v) is 6.80. The summed E-state index contributed by atoms with van der Waals surface area (Å²) in [5.74, 6) is 6.80. The quantitative estimate of drug-likeness (QED) is 0.601. The van der Waals surface area contributed by atoms with Gasteiger partial charge >= 0.3 is 0 Å². The van der Waals surface area contributed by atoms with Crippen molar-refractivity contribution in [1.29, 1.82) is 0 Å². The van der Waals surface area contributed by atoms with E-state index in [0.717, 1.165) is 22.4 Å². The van der Waals surface area contributed by atoms with Crippen LogP contribution in [0.2, 0.25) is 0 Å². The third kappa shape index (κ3) is 4.39. The molecule has 2 aliphatic rings. The van der Waals surface area contributed by atoms with Gasteiger partial charge < -0.3 is 19.6 Å². The molecule has 3 aromatic rings. The Bertz CT molecular complexity index is 1280. The zero-order chi connectivity index (χ0) is 24.4. The van der Waals surface area contributed by atoms with Crippen molar-refractivity contribution in [3.8, 4) is 17.6 Å². The molecule has 0 saturated carbocycles. The van der Waals surface area contributed by atoms with Crippen LogP contribution in [0.4, 0.5) is 0 Å². The van der Waals surface area contributed by atoms with Gasteiger partial charge in [0, 0.05) is 29.2 Å². The Hall–Kier alpha value is -4.08. The highest BCUT2D eigenvalue weighted by molar-refractivity contribution is 5.97. The Labute approximate surface area is 204 Å². The number of aliphatic hydroxyl groups is 1. The Kier molecular flexibility index (Phi) is 6.26. The van der Waals surface area contributed by atoms with Crippen LogP contribution in [0.15, 0.2) is 78.9 Å². The highest BCUT2D eigenvalue weighted by Crippen LogP contribution is 2.43. The molecule has 0 bridgehead atoms. The maximum Gasteiger partial charge on any atom is 0.254 e. The number of amides is 2. The summed E-state index contributed by atoms with van der Waals surface area (Å²) >= 11 is 0. The number of hydrogen-bond acceptors (Lipinski definition) is 4. The standard InChI is InChI=1S/C29H26N2O4/c1-35-24-15-11-21(12-16-24)8-7-20-9-13-22(14-10-20)28-25-17-30(18-27(33)31(25)26(28)19-32)29(34)23-5-3-2-4-6-23/h2-6,9-16,25-26,28,32H,17-19H2,1H3/t25-,26-,28+/m1/s1. The Balaban J connectivity index is 1.33. The van der Waals surface area contributed by atoms with E-state index in [9.17, 15) is 14.7 Å². The normalized spacial score (nSPS) is 20.9. The van der Waals surface area contributed by atoms with Crippen LogP contribution in [0.1, 0.15) is 33.0 Å². The smallest absolute Gasteiger partial charge is 0.254 e. The number of carbonyl (C=O) groups excluding carboxylic acids is 2. The van der Waals surface area contributed by atoms with E-state index in [2.05, 4.69) is 11.8 Å². The molecule has 5 rings (SSSR count). The first-order chi connectivity index (χ1) is 17.1. The average molecular weight is 467 g/mol. The second kappa shape index (κ2) is 9.65. The highest BCUT2D eigenvalue weighted by atomic mass is 16.5. The summed E-state index contributed by atoms with van der Waals surface area (Å²) in [7, 11) is 1.63. The zero-order valence-corrected chi connectivity index (χ0v) is 19.4. The third-order valence-electron chi connectivity index (χ3n) is 6.80. The minimum absolute atomic E-state index is 0.0351. The predicted octanol–water partition coefficient (Wildman–Crippen LogP) is 2.91. The highest BCUT2D eigenvalue weighted by Gasteiger charge is 2.54. The van der Waals surface area contributed by atoms with Crippen LogP contribution < -0.4 is 4.74 Å². The van der Waals surface area contributed by atoms with E-state index in [-0.39, 0.29) is 43.0 Å². The van der Waals surface area contributed by atoms with Crippen LogP contribution in [0.3, 0.4) is 0 Å². The van der Waals surface area contributed by atoms with Crippen LogP contribution in [0.25, 0.3) is 0 Å². The monoisotopic (exact) mass is 466 g/mol. The van der Waals surface area contributed by atoms with E-state index in [4.69, 9.17) is 4.74 Å². The minimum Gasteiger partial charge on any atom is -0.497 e. The van der Waals surface area contributed by atoms with Gasteiger partial charge in [0.25, 0.3) is 5.91 Å². The molecule has 6 heteroatoms. The summed E-state index contributed by atoms with van der Waals surface area (Å²) in [6, 6.07) is 24.1. The van der Waals surface area contributed by atoms with Gasteiger partial charge in [0.15, 0.2) is 0 Å². The molecule has 0 unspecified atom stereocenters. The molecule has 3 aromatic carbocycles. The number of ether oxygens (including phenoxy) is 1. The number of benzene rings is 3. The van der Waals surface area contributed by atoms with Crippen molar-refractivity contribution in [3.05, 3.63) is 101 Å².